The van der Waals surface area contributed by atoms with E-state index < -0.39 is 0 Å². The minimum Gasteiger partial charge on any atom is -1.00 e. The summed E-state index contributed by atoms with van der Waals surface area (Å²) in [6.45, 7) is 13.0. The Balaban J connectivity index is 0.000000867. The maximum absolute atomic E-state index is 10.7. The standard InChI is InChI=1S/C11H7ClN2.C11H8ClNO.2C6H3N3.C6H6N2O.2C6H7NO2.Al.Li.4H/c12-11-4-2-1-3-9(11)10-7-14-6-8(10)5-13;12-11-4-2-1-3-9(11)10-6-13-5-8(10)7-14;2*1-8-6-2-5(3-7)4-9-6;1-9-6-2-5(3-7)4-8-6;2*1-9-6-2-5(4-8)3-7-6;;;;;;/h1-4,6-7,14H;1-7,13H;2*2,4,9H;2,4,8H,1H3;2*2-4,7H,1H3;;;;;;/q;;;;;;;;+1;;;;-1. The van der Waals surface area contributed by atoms with E-state index in [2.05, 4.69) is 50.6 Å². The van der Waals surface area contributed by atoms with Crippen LogP contribution < -0.4 is 33.1 Å². The molecule has 75 heavy (non-hydrogen) atoms. The maximum Gasteiger partial charge on any atom is 1.00 e. The van der Waals surface area contributed by atoms with Crippen LogP contribution in [-0.2, 0) is 0 Å². The number of benzene rings is 2. The Morgan fingerprint density at radius 2 is 0.907 bits per heavy atom. The summed E-state index contributed by atoms with van der Waals surface area (Å²) in [5, 5.41) is 35.0. The second-order valence-electron chi connectivity index (χ2n) is 13.6. The van der Waals surface area contributed by atoms with E-state index in [-0.39, 0.29) is 37.6 Å². The van der Waals surface area contributed by atoms with E-state index in [9.17, 15) is 14.4 Å². The van der Waals surface area contributed by atoms with Gasteiger partial charge < -0.3 is 60.2 Å². The van der Waals surface area contributed by atoms with Gasteiger partial charge in [-0.05, 0) is 24.3 Å². The van der Waals surface area contributed by atoms with Crippen molar-refractivity contribution in [1.29, 1.82) is 21.0 Å². The molecule has 372 valence electrons. The zero-order valence-electron chi connectivity index (χ0n) is 40.8. The molecule has 0 amide bonds. The largest absolute Gasteiger partial charge is 1.00 e. The Bertz CT molecular complexity index is 3280. The second-order valence-corrected chi connectivity index (χ2v) is 14.4. The third-order valence-electron chi connectivity index (χ3n) is 9.01. The quantitative estimate of drug-likeness (QED) is 0.0441. The number of nitrogens with one attached hydrogen (secondary N) is 7. The number of hydrogen-bond acceptors (Lipinski definition) is 10. The molecule has 0 saturated carbocycles. The minimum atomic E-state index is 0. The van der Waals surface area contributed by atoms with E-state index in [1.54, 1.807) is 89.0 Å². The van der Waals surface area contributed by atoms with E-state index in [4.69, 9.17) is 71.6 Å². The monoisotopic (exact) mass is 1050 g/mol. The van der Waals surface area contributed by atoms with Crippen LogP contribution in [0.5, 0.6) is 17.6 Å². The average Bonchev–Trinajstić information content (AvgIpc) is 4.31. The van der Waals surface area contributed by atoms with Crippen molar-refractivity contribution in [3.63, 3.8) is 0 Å². The van der Waals surface area contributed by atoms with Crippen molar-refractivity contribution in [3.05, 3.63) is 206 Å². The molecule has 0 atom stereocenters. The van der Waals surface area contributed by atoms with Gasteiger partial charge in [-0.15, -0.1) is 0 Å². The number of aldehydes is 3. The molecule has 23 heteroatoms. The van der Waals surface area contributed by atoms with Gasteiger partial charge in [0.1, 0.15) is 24.3 Å². The Morgan fingerprint density at radius 1 is 0.507 bits per heavy atom. The van der Waals surface area contributed by atoms with E-state index >= 15 is 0 Å². The summed E-state index contributed by atoms with van der Waals surface area (Å²) in [5.74, 6) is 2.65. The number of rotatable bonds is 8. The van der Waals surface area contributed by atoms with Crippen molar-refractivity contribution in [3.8, 4) is 64.2 Å². The first-order valence-electron chi connectivity index (χ1n) is 20.6. The molecule has 0 aliphatic rings. The number of nitrogens with zero attached hydrogens (tertiary/aromatic N) is 6. The summed E-state index contributed by atoms with van der Waals surface area (Å²) < 4.78 is 14.4. The van der Waals surface area contributed by atoms with Crippen LogP contribution >= 0.6 is 23.2 Å². The number of carbonyl (C=O) groups excluding carboxylic acids is 3. The second kappa shape index (κ2) is 35.5. The summed E-state index contributed by atoms with van der Waals surface area (Å²) >= 11 is 12.0. The Hall–Kier alpha value is -9.54. The maximum atomic E-state index is 10.7. The topological polar surface area (TPSA) is 293 Å². The first kappa shape index (κ1) is 63.5. The number of ether oxygens (including phenoxy) is 3. The molecule has 9 aromatic rings. The number of H-pyrrole nitrogens is 7. The van der Waals surface area contributed by atoms with Gasteiger partial charge in [-0.3, -0.25) is 14.4 Å². The Labute approximate surface area is 465 Å². The van der Waals surface area contributed by atoms with Crippen molar-refractivity contribution in [2.75, 3.05) is 21.3 Å². The van der Waals surface area contributed by atoms with Crippen LogP contribution in [0.1, 0.15) is 54.8 Å². The van der Waals surface area contributed by atoms with Gasteiger partial charge in [0.05, 0.1) is 56.0 Å². The summed E-state index contributed by atoms with van der Waals surface area (Å²) in [7, 11) is 4.63. The summed E-state index contributed by atoms with van der Waals surface area (Å²) in [5.41, 5.74) is 7.47. The van der Waals surface area contributed by atoms with E-state index in [1.165, 1.54) is 24.5 Å². The number of aromatic nitrogens is 7. The van der Waals surface area contributed by atoms with Gasteiger partial charge in [-0.1, -0.05) is 72.7 Å². The Kier molecular flexibility index (Phi) is 30.1. The fraction of sp³-hybridized carbons (Fsp3) is 0.0577. The molecule has 19 nitrogen and oxygen atoms in total. The van der Waals surface area contributed by atoms with E-state index in [1.807, 2.05) is 60.7 Å². The number of nitriles is 4. The zero-order chi connectivity index (χ0) is 53.4. The molecule has 0 fully saturated rings. The van der Waals surface area contributed by atoms with Crippen molar-refractivity contribution in [2.45, 2.75) is 0 Å². The van der Waals surface area contributed by atoms with E-state index in [0.29, 0.717) is 78.3 Å². The van der Waals surface area contributed by atoms with Crippen LogP contribution in [0.15, 0.2) is 135 Å². The Morgan fingerprint density at radius 3 is 1.24 bits per heavy atom. The number of carbonyl (C=O) groups is 3. The molecule has 0 saturated heterocycles. The van der Waals surface area contributed by atoms with Crippen molar-refractivity contribution >= 4 is 71.1 Å². The number of aromatic amines is 7. The van der Waals surface area contributed by atoms with Crippen LogP contribution in [0.3, 0.4) is 0 Å². The number of halogens is 2. The summed E-state index contributed by atoms with van der Waals surface area (Å²) in [4.78, 5) is 56.3. The molecule has 0 radical (unpaired) electrons. The fourth-order valence-electron chi connectivity index (χ4n) is 5.47. The molecular weight excluding hydrogens is 1010 g/mol. The normalized spacial score (nSPS) is 8.73. The predicted molar refractivity (Wildman–Crippen MR) is 285 cm³/mol. The van der Waals surface area contributed by atoms with E-state index in [0.717, 1.165) is 41.1 Å². The molecule has 7 N–H and O–H groups in total. The van der Waals surface area contributed by atoms with Gasteiger partial charge in [-0.25, -0.2) is 0 Å². The molecule has 9 rings (SSSR count). The van der Waals surface area contributed by atoms with Crippen LogP contribution in [0.4, 0.5) is 11.6 Å². The SMILES string of the molecule is COc1cc(C#N)c[nH]1.COc1cc(C=O)c[nH]1.COc1cc(C=O)c[nH]1.N#Cc1c[nH]cc1-c1ccccc1Cl.O=Cc1c[nH]cc1-c1ccccc1Cl.[AlH3].[C-]#[N+]c1cc(C#N)c[nH]1.[C-]#[N+]c1cc(C#N)c[nH]1.[H-].[Li+]. The molecule has 7 aromatic heterocycles. The minimum absolute atomic E-state index is 0. The molecule has 0 unspecified atom stereocenters. The van der Waals surface area contributed by atoms with Gasteiger partial charge in [0.2, 0.25) is 11.6 Å². The predicted octanol–water partition coefficient (Wildman–Crippen LogP) is 7.73. The molecule has 0 bridgehead atoms. The smallest absolute Gasteiger partial charge is 1.00 e. The fourth-order valence-corrected chi connectivity index (χ4v) is 5.95. The molecule has 2 aromatic carbocycles. The van der Waals surface area contributed by atoms with Crippen LogP contribution in [0.25, 0.3) is 31.9 Å². The van der Waals surface area contributed by atoms with Crippen molar-refractivity contribution in [1.82, 2.24) is 34.9 Å². The van der Waals surface area contributed by atoms with Gasteiger partial charge in [0, 0.05) is 111 Å². The molecular formula is C52H45AlCl2LiN13O6. The van der Waals surface area contributed by atoms with Crippen LogP contribution in [-0.4, -0.2) is 92.4 Å². The van der Waals surface area contributed by atoms with Gasteiger partial charge in [-0.2, -0.15) is 21.0 Å². The third kappa shape index (κ3) is 21.0. The van der Waals surface area contributed by atoms with Gasteiger partial charge >= 0.3 is 18.9 Å². The van der Waals surface area contributed by atoms with Gasteiger partial charge in [0.15, 0.2) is 53.9 Å². The summed E-state index contributed by atoms with van der Waals surface area (Å²) in [6.07, 6.45) is 17.0. The third-order valence-corrected chi connectivity index (χ3v) is 9.67. The van der Waals surface area contributed by atoms with Gasteiger partial charge in [0.25, 0.3) is 0 Å². The molecule has 7 heterocycles. The molecule has 0 aliphatic heterocycles. The summed E-state index contributed by atoms with van der Waals surface area (Å²) in [6, 6.07) is 30.7. The molecule has 0 spiro atoms. The van der Waals surface area contributed by atoms with Crippen LogP contribution in [0.2, 0.25) is 10.0 Å². The van der Waals surface area contributed by atoms with Crippen molar-refractivity contribution in [2.24, 2.45) is 0 Å². The first-order chi connectivity index (χ1) is 35.5. The molecule has 0 aliphatic carbocycles. The first-order valence-corrected chi connectivity index (χ1v) is 21.3. The number of hydrogen-bond donors (Lipinski definition) is 7. The zero-order valence-corrected chi connectivity index (χ0v) is 41.3. The van der Waals surface area contributed by atoms with Crippen LogP contribution in [0, 0.1) is 58.5 Å². The number of methoxy groups -OCH3 is 3. The average molecular weight is 1050 g/mol. The van der Waals surface area contributed by atoms with Crippen molar-refractivity contribution < 1.29 is 48.9 Å².